The maximum absolute atomic E-state index is 9.37. The van der Waals surface area contributed by atoms with Crippen LogP contribution < -0.4 is 0 Å². The van der Waals surface area contributed by atoms with Crippen LogP contribution in [0.5, 0.6) is 0 Å². The first-order valence-corrected chi connectivity index (χ1v) is 1.49. The monoisotopic (exact) mass is 150 g/mol. The zero-order chi connectivity index (χ0) is 4.28. The number of aliphatic carboxylic acids is 1. The molecule has 0 saturated carbocycles. The molecule has 0 radical (unpaired) electrons. The van der Waals surface area contributed by atoms with Gasteiger partial charge in [0.05, 0.1) is 0 Å². The molecule has 0 fully saturated rings. The summed E-state index contributed by atoms with van der Waals surface area (Å²) in [5.41, 5.74) is 0. The SMILES string of the molecule is CCC(=O)O.S.[CaH2]. The molecule has 0 aromatic heterocycles. The molecule has 7 heavy (non-hydrogen) atoms. The van der Waals surface area contributed by atoms with Gasteiger partial charge < -0.3 is 5.11 Å². The van der Waals surface area contributed by atoms with Crippen molar-refractivity contribution in [2.75, 3.05) is 0 Å². The Morgan fingerprint density at radius 1 is 1.71 bits per heavy atom. The van der Waals surface area contributed by atoms with E-state index in [4.69, 9.17) is 5.11 Å². The first-order chi connectivity index (χ1) is 2.27. The van der Waals surface area contributed by atoms with Crippen molar-refractivity contribution in [1.29, 1.82) is 0 Å². The van der Waals surface area contributed by atoms with Gasteiger partial charge in [-0.1, -0.05) is 6.92 Å². The average Bonchev–Trinajstić information content (AvgIpc) is 1.38. The number of hydrogen-bond acceptors (Lipinski definition) is 1. The normalized spacial score (nSPS) is 5.29. The van der Waals surface area contributed by atoms with E-state index in [1.54, 1.807) is 6.92 Å². The zero-order valence-corrected chi connectivity index (χ0v) is 4.56. The van der Waals surface area contributed by atoms with Crippen LogP contribution in [-0.4, -0.2) is 48.8 Å². The van der Waals surface area contributed by atoms with Crippen LogP contribution in [0.2, 0.25) is 0 Å². The van der Waals surface area contributed by atoms with Crippen LogP contribution >= 0.6 is 13.5 Å². The molecule has 0 aromatic rings. The topological polar surface area (TPSA) is 37.3 Å². The summed E-state index contributed by atoms with van der Waals surface area (Å²) in [7, 11) is 0. The Bertz CT molecular complexity index is 48.2. The van der Waals surface area contributed by atoms with Gasteiger partial charge in [0.2, 0.25) is 0 Å². The summed E-state index contributed by atoms with van der Waals surface area (Å²) < 4.78 is 0. The molecule has 0 amide bonds. The summed E-state index contributed by atoms with van der Waals surface area (Å²) in [5.74, 6) is -0.745. The minimum absolute atomic E-state index is 0. The van der Waals surface area contributed by atoms with E-state index in [2.05, 4.69) is 0 Å². The molecule has 0 unspecified atom stereocenters. The second-order valence-electron chi connectivity index (χ2n) is 0.747. The predicted molar refractivity (Wildman–Crippen MR) is 36.9 cm³/mol. The fourth-order valence-electron chi connectivity index (χ4n) is 0. The van der Waals surface area contributed by atoms with Crippen LogP contribution in [0.15, 0.2) is 0 Å². The molecule has 0 spiro atoms. The third kappa shape index (κ3) is 19.3. The van der Waals surface area contributed by atoms with Crippen molar-refractivity contribution < 1.29 is 9.90 Å². The Morgan fingerprint density at radius 2 is 1.86 bits per heavy atom. The number of carboxylic acid groups (broad SMARTS) is 1. The molecule has 0 bridgehead atoms. The van der Waals surface area contributed by atoms with Gasteiger partial charge in [-0.05, 0) is 0 Å². The molecule has 0 atom stereocenters. The minimum atomic E-state index is -0.745. The van der Waals surface area contributed by atoms with E-state index in [1.165, 1.54) is 0 Å². The standard InChI is InChI=1S/C3H6O2.Ca.H2S.2H/c1-2-3(4)5;;;;/h2H2,1H3,(H,4,5);;1H2;;. The maximum atomic E-state index is 9.37. The molecule has 4 heteroatoms. The Morgan fingerprint density at radius 3 is 1.86 bits per heavy atom. The van der Waals surface area contributed by atoms with Crippen molar-refractivity contribution in [2.24, 2.45) is 0 Å². The van der Waals surface area contributed by atoms with Gasteiger partial charge >= 0.3 is 43.7 Å². The van der Waals surface area contributed by atoms with E-state index in [0.717, 1.165) is 0 Å². The third-order valence-electron chi connectivity index (χ3n) is 0.302. The molecule has 0 aliphatic heterocycles. The van der Waals surface area contributed by atoms with Crippen LogP contribution in [0.4, 0.5) is 0 Å². The van der Waals surface area contributed by atoms with Crippen molar-refractivity contribution >= 4 is 57.2 Å². The van der Waals surface area contributed by atoms with Gasteiger partial charge in [-0.15, -0.1) is 0 Å². The van der Waals surface area contributed by atoms with Crippen molar-refractivity contribution in [3.63, 3.8) is 0 Å². The van der Waals surface area contributed by atoms with Gasteiger partial charge in [-0.2, -0.15) is 13.5 Å². The van der Waals surface area contributed by atoms with Crippen molar-refractivity contribution in [1.82, 2.24) is 0 Å². The van der Waals surface area contributed by atoms with E-state index in [-0.39, 0.29) is 57.7 Å². The molecule has 42 valence electrons. The molecule has 0 saturated heterocycles. The van der Waals surface area contributed by atoms with Gasteiger partial charge in [0.25, 0.3) is 0 Å². The quantitative estimate of drug-likeness (QED) is 0.520. The van der Waals surface area contributed by atoms with Gasteiger partial charge in [0.1, 0.15) is 0 Å². The molecular weight excluding hydrogens is 140 g/mol. The molecule has 0 aliphatic rings. The number of carboxylic acids is 1. The molecule has 0 rings (SSSR count). The second kappa shape index (κ2) is 10.1. The van der Waals surface area contributed by atoms with Gasteiger partial charge in [-0.25, -0.2) is 0 Å². The van der Waals surface area contributed by atoms with Crippen molar-refractivity contribution in [3.05, 3.63) is 0 Å². The fourth-order valence-corrected chi connectivity index (χ4v) is 0. The van der Waals surface area contributed by atoms with E-state index in [1.807, 2.05) is 0 Å². The van der Waals surface area contributed by atoms with E-state index >= 15 is 0 Å². The van der Waals surface area contributed by atoms with Crippen LogP contribution in [-0.2, 0) is 4.79 Å². The van der Waals surface area contributed by atoms with Crippen molar-refractivity contribution in [2.45, 2.75) is 13.3 Å². The molecule has 0 aromatic carbocycles. The fraction of sp³-hybridized carbons (Fsp3) is 0.667. The molecule has 0 heterocycles. The Kier molecular flexibility index (Phi) is 22.7. The van der Waals surface area contributed by atoms with Gasteiger partial charge in [-0.3, -0.25) is 4.79 Å². The van der Waals surface area contributed by atoms with E-state index in [9.17, 15) is 4.79 Å². The first kappa shape index (κ1) is 15.7. The second-order valence-corrected chi connectivity index (χ2v) is 0.747. The van der Waals surface area contributed by atoms with E-state index in [0.29, 0.717) is 0 Å². The zero-order valence-electron chi connectivity index (χ0n) is 3.56. The molecular formula is C3H10CaO2S. The van der Waals surface area contributed by atoms with Crippen LogP contribution in [0, 0.1) is 0 Å². The predicted octanol–water partition coefficient (Wildman–Crippen LogP) is -0.322. The third-order valence-corrected chi connectivity index (χ3v) is 0.302. The summed E-state index contributed by atoms with van der Waals surface area (Å²) in [6.45, 7) is 1.60. The van der Waals surface area contributed by atoms with Crippen LogP contribution in [0.3, 0.4) is 0 Å². The first-order valence-electron chi connectivity index (χ1n) is 1.49. The Hall–Kier alpha value is 1.08. The summed E-state index contributed by atoms with van der Waals surface area (Å²) in [4.78, 5) is 9.37. The summed E-state index contributed by atoms with van der Waals surface area (Å²) in [6.07, 6.45) is 0.222. The summed E-state index contributed by atoms with van der Waals surface area (Å²) in [5, 5.41) is 7.72. The number of rotatable bonds is 1. The molecule has 2 nitrogen and oxygen atoms in total. The van der Waals surface area contributed by atoms with Crippen LogP contribution in [0.25, 0.3) is 0 Å². The Labute approximate surface area is 79.7 Å². The summed E-state index contributed by atoms with van der Waals surface area (Å²) in [6, 6.07) is 0. The van der Waals surface area contributed by atoms with Gasteiger partial charge in [0, 0.05) is 6.42 Å². The average molecular weight is 150 g/mol. The molecule has 0 aliphatic carbocycles. The molecule has 1 N–H and O–H groups in total. The number of hydrogen-bond donors (Lipinski definition) is 1. The Balaban J connectivity index is -0.0000000800. The van der Waals surface area contributed by atoms with E-state index < -0.39 is 5.97 Å². The van der Waals surface area contributed by atoms with Crippen LogP contribution in [0.1, 0.15) is 13.3 Å². The summed E-state index contributed by atoms with van der Waals surface area (Å²) >= 11 is 0. The van der Waals surface area contributed by atoms with Gasteiger partial charge in [0.15, 0.2) is 0 Å². The van der Waals surface area contributed by atoms with Crippen molar-refractivity contribution in [3.8, 4) is 0 Å². The number of carbonyl (C=O) groups is 1.